The molecule has 1 aliphatic rings. The Balaban J connectivity index is 3.37. The number of allylic oxidation sites excluding steroid dienone is 1. The first-order valence-electron chi connectivity index (χ1n) is 4.62. The fourth-order valence-electron chi connectivity index (χ4n) is 1.56. The molecule has 0 aliphatic carbocycles. The maximum Gasteiger partial charge on any atom is 0.339 e. The van der Waals surface area contributed by atoms with Crippen molar-refractivity contribution in [2.24, 2.45) is 0 Å². The van der Waals surface area contributed by atoms with Gasteiger partial charge >= 0.3 is 11.9 Å². The number of aliphatic carboxylic acids is 1. The van der Waals surface area contributed by atoms with Crippen LogP contribution in [-0.2, 0) is 14.3 Å². The van der Waals surface area contributed by atoms with Crippen LogP contribution in [0, 0.1) is 0 Å². The lowest BCUT2D eigenvalue weighted by molar-refractivity contribution is -0.145. The highest BCUT2D eigenvalue weighted by Gasteiger charge is 2.43. The summed E-state index contributed by atoms with van der Waals surface area (Å²) in [5.74, 6) is -1.68. The predicted molar refractivity (Wildman–Crippen MR) is 54.3 cm³/mol. The third-order valence-electron chi connectivity index (χ3n) is 2.09. The van der Waals surface area contributed by atoms with Crippen LogP contribution in [0.5, 0.6) is 0 Å². The molecule has 1 rings (SSSR count). The average molecular weight is 210 g/mol. The molecule has 0 bridgehead atoms. The molecular formula is C11H14O4. The summed E-state index contributed by atoms with van der Waals surface area (Å²) in [5, 5.41) is 9.03. The molecule has 1 heterocycles. The highest BCUT2D eigenvalue weighted by molar-refractivity contribution is 6.06. The van der Waals surface area contributed by atoms with Gasteiger partial charge < -0.3 is 9.84 Å². The molecule has 0 fully saturated rings. The van der Waals surface area contributed by atoms with Crippen LogP contribution in [0.15, 0.2) is 22.8 Å². The largest absolute Gasteiger partial charge is 0.478 e. The van der Waals surface area contributed by atoms with E-state index < -0.39 is 17.5 Å². The molecule has 4 nitrogen and oxygen atoms in total. The van der Waals surface area contributed by atoms with Crippen molar-refractivity contribution in [1.82, 2.24) is 0 Å². The number of esters is 1. The standard InChI is InChI=1S/C11H14O4/c1-6(2)5-7-8(9(12)13)11(3,4)15-10(7)14/h5H,1-4H3,(H,12,13). The lowest BCUT2D eigenvalue weighted by Gasteiger charge is -2.17. The van der Waals surface area contributed by atoms with E-state index in [4.69, 9.17) is 9.84 Å². The quantitative estimate of drug-likeness (QED) is 0.704. The zero-order valence-electron chi connectivity index (χ0n) is 9.25. The van der Waals surface area contributed by atoms with Gasteiger partial charge in [-0.05, 0) is 33.8 Å². The van der Waals surface area contributed by atoms with E-state index in [1.54, 1.807) is 33.8 Å². The second kappa shape index (κ2) is 3.53. The summed E-state index contributed by atoms with van der Waals surface area (Å²) in [7, 11) is 0. The Morgan fingerprint density at radius 2 is 1.93 bits per heavy atom. The fraction of sp³-hybridized carbons (Fsp3) is 0.455. The van der Waals surface area contributed by atoms with Gasteiger partial charge in [-0.3, -0.25) is 0 Å². The predicted octanol–water partition coefficient (Wildman–Crippen LogP) is 1.67. The molecule has 0 saturated carbocycles. The summed E-state index contributed by atoms with van der Waals surface area (Å²) in [6.07, 6.45) is 1.54. The van der Waals surface area contributed by atoms with Crippen molar-refractivity contribution in [1.29, 1.82) is 0 Å². The number of carbonyl (C=O) groups is 2. The van der Waals surface area contributed by atoms with E-state index in [9.17, 15) is 9.59 Å². The Hall–Kier alpha value is -1.58. The van der Waals surface area contributed by atoms with Crippen LogP contribution in [0.4, 0.5) is 0 Å². The molecule has 4 heteroatoms. The van der Waals surface area contributed by atoms with E-state index in [0.717, 1.165) is 5.57 Å². The third kappa shape index (κ3) is 2.09. The number of ether oxygens (including phenoxy) is 1. The summed E-state index contributed by atoms with van der Waals surface area (Å²) in [6, 6.07) is 0. The number of hydrogen-bond acceptors (Lipinski definition) is 3. The smallest absolute Gasteiger partial charge is 0.339 e. The van der Waals surface area contributed by atoms with E-state index in [1.165, 1.54) is 0 Å². The highest BCUT2D eigenvalue weighted by atomic mass is 16.6. The molecule has 1 N–H and O–H groups in total. The number of cyclic esters (lactones) is 1. The minimum Gasteiger partial charge on any atom is -0.478 e. The van der Waals surface area contributed by atoms with Gasteiger partial charge in [-0.25, -0.2) is 9.59 Å². The van der Waals surface area contributed by atoms with Crippen LogP contribution in [0.3, 0.4) is 0 Å². The summed E-state index contributed by atoms with van der Waals surface area (Å²) in [5.41, 5.74) is -0.0240. The Morgan fingerprint density at radius 1 is 1.40 bits per heavy atom. The molecule has 82 valence electrons. The summed E-state index contributed by atoms with van der Waals surface area (Å²) in [6.45, 7) is 6.73. The molecule has 0 spiro atoms. The monoisotopic (exact) mass is 210 g/mol. The van der Waals surface area contributed by atoms with Crippen molar-refractivity contribution in [3.63, 3.8) is 0 Å². The maximum absolute atomic E-state index is 11.5. The summed E-state index contributed by atoms with van der Waals surface area (Å²) >= 11 is 0. The van der Waals surface area contributed by atoms with E-state index >= 15 is 0 Å². The second-order valence-corrected chi connectivity index (χ2v) is 4.22. The fourth-order valence-corrected chi connectivity index (χ4v) is 1.56. The maximum atomic E-state index is 11.5. The molecular weight excluding hydrogens is 196 g/mol. The third-order valence-corrected chi connectivity index (χ3v) is 2.09. The number of rotatable bonds is 2. The SMILES string of the molecule is CC(C)=CC1=C(C(=O)O)C(C)(C)OC1=O. The summed E-state index contributed by atoms with van der Waals surface area (Å²) < 4.78 is 5.00. The lowest BCUT2D eigenvalue weighted by atomic mass is 9.95. The molecule has 0 unspecified atom stereocenters. The van der Waals surface area contributed by atoms with Crippen molar-refractivity contribution < 1.29 is 19.4 Å². The van der Waals surface area contributed by atoms with Crippen LogP contribution >= 0.6 is 0 Å². The van der Waals surface area contributed by atoms with Gasteiger partial charge in [0.05, 0.1) is 11.1 Å². The molecule has 1 aliphatic heterocycles. The molecule has 0 aromatic rings. The van der Waals surface area contributed by atoms with Crippen molar-refractivity contribution in [2.75, 3.05) is 0 Å². The number of carbonyl (C=O) groups excluding carboxylic acids is 1. The molecule has 0 atom stereocenters. The molecule has 0 saturated heterocycles. The number of carboxylic acids is 1. The zero-order valence-corrected chi connectivity index (χ0v) is 9.25. The van der Waals surface area contributed by atoms with Crippen molar-refractivity contribution in [3.05, 3.63) is 22.8 Å². The minimum atomic E-state index is -1.11. The van der Waals surface area contributed by atoms with Crippen LogP contribution in [-0.4, -0.2) is 22.6 Å². The Morgan fingerprint density at radius 3 is 2.33 bits per heavy atom. The van der Waals surface area contributed by atoms with Crippen molar-refractivity contribution in [2.45, 2.75) is 33.3 Å². The highest BCUT2D eigenvalue weighted by Crippen LogP contribution is 2.33. The van der Waals surface area contributed by atoms with E-state index in [2.05, 4.69) is 0 Å². The molecule has 0 amide bonds. The van der Waals surface area contributed by atoms with Gasteiger partial charge in [-0.15, -0.1) is 0 Å². The van der Waals surface area contributed by atoms with E-state index in [0.29, 0.717) is 0 Å². The lowest BCUT2D eigenvalue weighted by Crippen LogP contribution is -2.27. The van der Waals surface area contributed by atoms with Gasteiger partial charge in [0.1, 0.15) is 5.60 Å². The van der Waals surface area contributed by atoms with Gasteiger partial charge in [0.15, 0.2) is 0 Å². The van der Waals surface area contributed by atoms with E-state index in [-0.39, 0.29) is 11.1 Å². The van der Waals surface area contributed by atoms with Gasteiger partial charge in [0.25, 0.3) is 0 Å². The van der Waals surface area contributed by atoms with E-state index in [1.807, 2.05) is 0 Å². The van der Waals surface area contributed by atoms with Crippen LogP contribution < -0.4 is 0 Å². The van der Waals surface area contributed by atoms with Crippen molar-refractivity contribution in [3.8, 4) is 0 Å². The van der Waals surface area contributed by atoms with Crippen LogP contribution in [0.25, 0.3) is 0 Å². The number of hydrogen-bond donors (Lipinski definition) is 1. The van der Waals surface area contributed by atoms with Gasteiger partial charge in [0.2, 0.25) is 0 Å². The van der Waals surface area contributed by atoms with Gasteiger partial charge in [-0.2, -0.15) is 0 Å². The van der Waals surface area contributed by atoms with Crippen LogP contribution in [0.1, 0.15) is 27.7 Å². The van der Waals surface area contributed by atoms with Crippen molar-refractivity contribution >= 4 is 11.9 Å². The molecule has 15 heavy (non-hydrogen) atoms. The second-order valence-electron chi connectivity index (χ2n) is 4.22. The first-order valence-corrected chi connectivity index (χ1v) is 4.62. The minimum absolute atomic E-state index is 0.0219. The Bertz CT molecular complexity index is 381. The topological polar surface area (TPSA) is 63.6 Å². The zero-order chi connectivity index (χ0) is 11.8. The normalized spacial score (nSPS) is 18.8. The summed E-state index contributed by atoms with van der Waals surface area (Å²) in [4.78, 5) is 22.5. The Kier molecular flexibility index (Phi) is 2.71. The van der Waals surface area contributed by atoms with Gasteiger partial charge in [-0.1, -0.05) is 5.57 Å². The van der Waals surface area contributed by atoms with Crippen LogP contribution in [0.2, 0.25) is 0 Å². The average Bonchev–Trinajstić information content (AvgIpc) is 2.19. The van der Waals surface area contributed by atoms with Gasteiger partial charge in [0, 0.05) is 0 Å². The molecule has 0 radical (unpaired) electrons. The first kappa shape index (κ1) is 11.5. The first-order chi connectivity index (χ1) is 6.75. The molecule has 0 aromatic heterocycles. The number of carboxylic acid groups (broad SMARTS) is 1. The Labute approximate surface area is 88.2 Å². The molecule has 0 aromatic carbocycles.